The van der Waals surface area contributed by atoms with Crippen LogP contribution in [-0.2, 0) is 0 Å². The molecule has 23 heavy (non-hydrogen) atoms. The summed E-state index contributed by atoms with van der Waals surface area (Å²) < 4.78 is 11.1. The van der Waals surface area contributed by atoms with Crippen molar-refractivity contribution in [1.29, 1.82) is 0 Å². The Bertz CT molecular complexity index is 660. The highest BCUT2D eigenvalue weighted by Crippen LogP contribution is 2.20. The Balaban J connectivity index is 1.92. The van der Waals surface area contributed by atoms with E-state index in [2.05, 4.69) is 0 Å². The number of nitrogens with zero attached hydrogens (tertiary/aromatic N) is 1. The van der Waals surface area contributed by atoms with E-state index in [0.717, 1.165) is 0 Å². The van der Waals surface area contributed by atoms with Crippen molar-refractivity contribution in [2.75, 3.05) is 26.8 Å². The van der Waals surface area contributed by atoms with E-state index in [-0.39, 0.29) is 5.91 Å². The Morgan fingerprint density at radius 2 is 1.91 bits per heavy atom. The zero-order chi connectivity index (χ0) is 16.7. The normalized spacial score (nSPS) is 10.2. The molecule has 0 atom stereocenters. The van der Waals surface area contributed by atoms with Gasteiger partial charge in [-0.15, -0.1) is 0 Å². The van der Waals surface area contributed by atoms with E-state index in [9.17, 15) is 4.79 Å². The maximum absolute atomic E-state index is 12.5. The molecule has 2 aromatic rings. The van der Waals surface area contributed by atoms with Gasteiger partial charge in [-0.25, -0.2) is 0 Å². The fourth-order valence-electron chi connectivity index (χ4n) is 2.09. The first kappa shape index (κ1) is 17.2. The van der Waals surface area contributed by atoms with Gasteiger partial charge in [-0.3, -0.25) is 4.79 Å². The van der Waals surface area contributed by atoms with Crippen LogP contribution < -0.4 is 9.47 Å². The van der Waals surface area contributed by atoms with Gasteiger partial charge in [0.05, 0.1) is 18.7 Å². The predicted octanol–water partition coefficient (Wildman–Crippen LogP) is 3.89. The number of amides is 1. The Hall–Kier alpha value is -2.20. The standard InChI is InChI=1S/C18H20ClNO3/c1-3-22-17-10-5-4-9-16(17)18(21)20(2)11-12-23-15-8-6-7-14(19)13-15/h4-10,13H,3,11-12H2,1-2H3. The number of rotatable bonds is 7. The summed E-state index contributed by atoms with van der Waals surface area (Å²) in [5.41, 5.74) is 0.555. The molecule has 0 radical (unpaired) electrons. The van der Waals surface area contributed by atoms with E-state index in [1.807, 2.05) is 31.2 Å². The fraction of sp³-hybridized carbons (Fsp3) is 0.278. The topological polar surface area (TPSA) is 38.8 Å². The summed E-state index contributed by atoms with van der Waals surface area (Å²) >= 11 is 5.91. The average Bonchev–Trinajstić information content (AvgIpc) is 2.55. The molecule has 0 unspecified atom stereocenters. The fourth-order valence-corrected chi connectivity index (χ4v) is 2.27. The molecule has 2 aromatic carbocycles. The van der Waals surface area contributed by atoms with Crippen LogP contribution in [0.3, 0.4) is 0 Å². The van der Waals surface area contributed by atoms with Gasteiger partial charge in [0.1, 0.15) is 18.1 Å². The SMILES string of the molecule is CCOc1ccccc1C(=O)N(C)CCOc1cccc(Cl)c1. The van der Waals surface area contributed by atoms with Crippen LogP contribution in [0.2, 0.25) is 5.02 Å². The number of benzene rings is 2. The molecule has 0 fully saturated rings. The van der Waals surface area contributed by atoms with Crippen LogP contribution in [-0.4, -0.2) is 37.6 Å². The molecule has 0 saturated heterocycles. The second kappa shape index (κ2) is 8.44. The smallest absolute Gasteiger partial charge is 0.257 e. The number of carbonyl (C=O) groups is 1. The van der Waals surface area contributed by atoms with Crippen LogP contribution in [0.25, 0.3) is 0 Å². The van der Waals surface area contributed by atoms with Crippen LogP contribution in [0.1, 0.15) is 17.3 Å². The van der Waals surface area contributed by atoms with Crippen LogP contribution in [0, 0.1) is 0 Å². The van der Waals surface area contributed by atoms with E-state index in [0.29, 0.717) is 41.8 Å². The van der Waals surface area contributed by atoms with Gasteiger partial charge in [0, 0.05) is 12.1 Å². The first-order chi connectivity index (χ1) is 11.1. The number of para-hydroxylation sites is 1. The second-order valence-electron chi connectivity index (χ2n) is 4.96. The molecule has 0 bridgehead atoms. The molecule has 0 aliphatic carbocycles. The first-order valence-electron chi connectivity index (χ1n) is 7.47. The lowest BCUT2D eigenvalue weighted by atomic mass is 10.2. The third-order valence-corrected chi connectivity index (χ3v) is 3.49. The molecule has 0 heterocycles. The monoisotopic (exact) mass is 333 g/mol. The molecule has 0 saturated carbocycles. The van der Waals surface area contributed by atoms with Gasteiger partial charge in [-0.2, -0.15) is 0 Å². The Kier molecular flexibility index (Phi) is 6.29. The lowest BCUT2D eigenvalue weighted by molar-refractivity contribution is 0.0769. The third-order valence-electron chi connectivity index (χ3n) is 3.26. The Morgan fingerprint density at radius 3 is 2.65 bits per heavy atom. The van der Waals surface area contributed by atoms with Crippen LogP contribution in [0.15, 0.2) is 48.5 Å². The molecular formula is C18H20ClNO3. The molecule has 5 heteroatoms. The Morgan fingerprint density at radius 1 is 1.13 bits per heavy atom. The van der Waals surface area contributed by atoms with Crippen molar-refractivity contribution in [3.8, 4) is 11.5 Å². The minimum atomic E-state index is -0.0938. The molecule has 0 N–H and O–H groups in total. The number of likely N-dealkylation sites (N-methyl/N-ethyl adjacent to an activating group) is 1. The van der Waals surface area contributed by atoms with Gasteiger partial charge < -0.3 is 14.4 Å². The molecule has 0 aromatic heterocycles. The maximum atomic E-state index is 12.5. The molecule has 4 nitrogen and oxygen atoms in total. The van der Waals surface area contributed by atoms with Gasteiger partial charge in [0.25, 0.3) is 5.91 Å². The minimum absolute atomic E-state index is 0.0938. The molecule has 2 rings (SSSR count). The van der Waals surface area contributed by atoms with Gasteiger partial charge in [-0.1, -0.05) is 29.8 Å². The summed E-state index contributed by atoms with van der Waals surface area (Å²) in [6, 6.07) is 14.4. The zero-order valence-corrected chi connectivity index (χ0v) is 14.0. The summed E-state index contributed by atoms with van der Waals surface area (Å²) in [6.07, 6.45) is 0. The van der Waals surface area contributed by atoms with Gasteiger partial charge in [0.15, 0.2) is 0 Å². The van der Waals surface area contributed by atoms with Crippen LogP contribution >= 0.6 is 11.6 Å². The van der Waals surface area contributed by atoms with Crippen molar-refractivity contribution in [1.82, 2.24) is 4.90 Å². The summed E-state index contributed by atoms with van der Waals surface area (Å²) in [6.45, 7) is 3.26. The molecule has 0 spiro atoms. The Labute approximate surface area is 141 Å². The average molecular weight is 334 g/mol. The van der Waals surface area contributed by atoms with E-state index in [1.165, 1.54) is 0 Å². The summed E-state index contributed by atoms with van der Waals surface area (Å²) in [4.78, 5) is 14.1. The second-order valence-corrected chi connectivity index (χ2v) is 5.40. The van der Waals surface area contributed by atoms with E-state index in [1.54, 1.807) is 36.2 Å². The molecule has 0 aliphatic rings. The van der Waals surface area contributed by atoms with Gasteiger partial charge in [0.2, 0.25) is 0 Å². The number of hydrogen-bond donors (Lipinski definition) is 0. The van der Waals surface area contributed by atoms with Crippen molar-refractivity contribution in [3.05, 3.63) is 59.1 Å². The third kappa shape index (κ3) is 4.89. The molecule has 1 amide bonds. The van der Waals surface area contributed by atoms with Crippen molar-refractivity contribution in [2.45, 2.75) is 6.92 Å². The van der Waals surface area contributed by atoms with E-state index < -0.39 is 0 Å². The van der Waals surface area contributed by atoms with E-state index in [4.69, 9.17) is 21.1 Å². The number of carbonyl (C=O) groups excluding carboxylic acids is 1. The summed E-state index contributed by atoms with van der Waals surface area (Å²) in [5, 5.41) is 0.623. The van der Waals surface area contributed by atoms with Crippen LogP contribution in [0.4, 0.5) is 0 Å². The van der Waals surface area contributed by atoms with Crippen molar-refractivity contribution >= 4 is 17.5 Å². The summed E-state index contributed by atoms with van der Waals surface area (Å²) in [5.74, 6) is 1.19. The van der Waals surface area contributed by atoms with E-state index >= 15 is 0 Å². The number of ether oxygens (including phenoxy) is 2. The van der Waals surface area contributed by atoms with Gasteiger partial charge in [-0.05, 0) is 37.3 Å². The summed E-state index contributed by atoms with van der Waals surface area (Å²) in [7, 11) is 1.74. The van der Waals surface area contributed by atoms with Gasteiger partial charge >= 0.3 is 0 Å². The molecule has 0 aliphatic heterocycles. The first-order valence-corrected chi connectivity index (χ1v) is 7.85. The predicted molar refractivity (Wildman–Crippen MR) is 91.5 cm³/mol. The zero-order valence-electron chi connectivity index (χ0n) is 13.3. The highest BCUT2D eigenvalue weighted by atomic mass is 35.5. The quantitative estimate of drug-likeness (QED) is 0.771. The van der Waals surface area contributed by atoms with Crippen LogP contribution in [0.5, 0.6) is 11.5 Å². The molecule has 122 valence electrons. The maximum Gasteiger partial charge on any atom is 0.257 e. The largest absolute Gasteiger partial charge is 0.493 e. The van der Waals surface area contributed by atoms with Crippen molar-refractivity contribution in [2.24, 2.45) is 0 Å². The van der Waals surface area contributed by atoms with Crippen molar-refractivity contribution in [3.63, 3.8) is 0 Å². The lowest BCUT2D eigenvalue weighted by Crippen LogP contribution is -2.31. The highest BCUT2D eigenvalue weighted by molar-refractivity contribution is 6.30. The lowest BCUT2D eigenvalue weighted by Gasteiger charge is -2.19. The van der Waals surface area contributed by atoms with Crippen molar-refractivity contribution < 1.29 is 14.3 Å². The highest BCUT2D eigenvalue weighted by Gasteiger charge is 2.16. The number of hydrogen-bond acceptors (Lipinski definition) is 3. The number of halogens is 1. The minimum Gasteiger partial charge on any atom is -0.493 e. The molecular weight excluding hydrogens is 314 g/mol.